The number of guanidine groups is 1. The van der Waals surface area contributed by atoms with Crippen LogP contribution in [0.15, 0.2) is 39.9 Å². The van der Waals surface area contributed by atoms with Crippen LogP contribution in [0.1, 0.15) is 36.9 Å². The monoisotopic (exact) mass is 511 g/mol. The molecule has 7 nitrogen and oxygen atoms in total. The van der Waals surface area contributed by atoms with Gasteiger partial charge < -0.3 is 20.4 Å². The standard InChI is InChI=1S/C21H29N5O2.HI/c1-15-7-9-17(10-8-15)20-26-18(14-28-20)13-25-21(22-2)24-12-4-11-23-19(27)16-5-3-6-16;/h7-10,14,16H,3-6,11-13H2,1-2H3,(H,23,27)(H2,22,24,25);1H. The zero-order valence-corrected chi connectivity index (χ0v) is 19.4. The molecule has 1 aliphatic rings. The molecule has 0 saturated heterocycles. The van der Waals surface area contributed by atoms with Crippen molar-refractivity contribution in [2.45, 2.75) is 39.2 Å². The number of aryl methyl sites for hydroxylation is 1. The Morgan fingerprint density at radius 1 is 1.17 bits per heavy atom. The van der Waals surface area contributed by atoms with E-state index in [9.17, 15) is 4.79 Å². The number of aliphatic imine (C=N–C) groups is 1. The molecule has 1 aromatic heterocycles. The summed E-state index contributed by atoms with van der Waals surface area (Å²) in [5, 5.41) is 9.46. The summed E-state index contributed by atoms with van der Waals surface area (Å²) in [7, 11) is 1.73. The molecule has 1 aromatic carbocycles. The highest BCUT2D eigenvalue weighted by Crippen LogP contribution is 2.26. The average Bonchev–Trinajstić information content (AvgIpc) is 3.12. The summed E-state index contributed by atoms with van der Waals surface area (Å²) in [4.78, 5) is 20.5. The Hall–Kier alpha value is -2.10. The van der Waals surface area contributed by atoms with Crippen LogP contribution in [0.4, 0.5) is 0 Å². The van der Waals surface area contributed by atoms with E-state index in [0.717, 1.165) is 37.1 Å². The maximum Gasteiger partial charge on any atom is 0.226 e. The molecule has 0 spiro atoms. The second-order valence-electron chi connectivity index (χ2n) is 7.13. The Morgan fingerprint density at radius 2 is 1.90 bits per heavy atom. The Bertz CT molecular complexity index is 800. The van der Waals surface area contributed by atoms with Gasteiger partial charge in [0.1, 0.15) is 6.26 Å². The summed E-state index contributed by atoms with van der Waals surface area (Å²) in [5.74, 6) is 1.76. The summed E-state index contributed by atoms with van der Waals surface area (Å²) in [6, 6.07) is 8.08. The van der Waals surface area contributed by atoms with Crippen molar-refractivity contribution in [2.75, 3.05) is 20.1 Å². The van der Waals surface area contributed by atoms with Crippen LogP contribution in [0.3, 0.4) is 0 Å². The molecule has 0 atom stereocenters. The van der Waals surface area contributed by atoms with Crippen LogP contribution in [0, 0.1) is 12.8 Å². The predicted octanol–water partition coefficient (Wildman–Crippen LogP) is 3.24. The minimum atomic E-state index is 0. The van der Waals surface area contributed by atoms with Crippen LogP contribution >= 0.6 is 24.0 Å². The number of carbonyl (C=O) groups is 1. The number of oxazole rings is 1. The third-order valence-electron chi connectivity index (χ3n) is 4.93. The molecular formula is C21H30IN5O2. The number of nitrogens with one attached hydrogen (secondary N) is 3. The smallest absolute Gasteiger partial charge is 0.226 e. The quantitative estimate of drug-likeness (QED) is 0.219. The highest BCUT2D eigenvalue weighted by molar-refractivity contribution is 14.0. The van der Waals surface area contributed by atoms with Crippen LogP contribution in [-0.4, -0.2) is 37.0 Å². The molecule has 3 rings (SSSR count). The van der Waals surface area contributed by atoms with Gasteiger partial charge in [0, 0.05) is 31.6 Å². The lowest BCUT2D eigenvalue weighted by molar-refractivity contribution is -0.127. The SMILES string of the molecule is CN=C(NCCCNC(=O)C1CCC1)NCc1coc(-c2ccc(C)cc2)n1.I. The molecule has 3 N–H and O–H groups in total. The normalized spacial score (nSPS) is 13.9. The topological polar surface area (TPSA) is 91.5 Å². The fourth-order valence-electron chi connectivity index (χ4n) is 2.93. The van der Waals surface area contributed by atoms with E-state index in [1.54, 1.807) is 13.3 Å². The van der Waals surface area contributed by atoms with Gasteiger partial charge in [-0.25, -0.2) is 4.98 Å². The summed E-state index contributed by atoms with van der Waals surface area (Å²) >= 11 is 0. The number of benzene rings is 1. The highest BCUT2D eigenvalue weighted by atomic mass is 127. The van der Waals surface area contributed by atoms with Crippen molar-refractivity contribution in [2.24, 2.45) is 10.9 Å². The van der Waals surface area contributed by atoms with Gasteiger partial charge in [-0.05, 0) is 38.3 Å². The van der Waals surface area contributed by atoms with Crippen molar-refractivity contribution in [3.8, 4) is 11.5 Å². The maximum atomic E-state index is 11.8. The Kier molecular flexibility index (Phi) is 9.43. The van der Waals surface area contributed by atoms with E-state index in [4.69, 9.17) is 4.42 Å². The van der Waals surface area contributed by atoms with Gasteiger partial charge in [0.2, 0.25) is 11.8 Å². The highest BCUT2D eigenvalue weighted by Gasteiger charge is 2.24. The van der Waals surface area contributed by atoms with Gasteiger partial charge >= 0.3 is 0 Å². The molecular weight excluding hydrogens is 481 g/mol. The first-order valence-corrected chi connectivity index (χ1v) is 9.89. The Morgan fingerprint density at radius 3 is 2.55 bits per heavy atom. The molecule has 1 amide bonds. The molecule has 0 radical (unpaired) electrons. The van der Waals surface area contributed by atoms with Crippen LogP contribution in [0.25, 0.3) is 11.5 Å². The molecule has 158 valence electrons. The van der Waals surface area contributed by atoms with E-state index in [2.05, 4.69) is 32.9 Å². The van der Waals surface area contributed by atoms with Crippen molar-refractivity contribution >= 4 is 35.8 Å². The number of carbonyl (C=O) groups excluding carboxylic acids is 1. The summed E-state index contributed by atoms with van der Waals surface area (Å²) in [6.07, 6.45) is 5.76. The van der Waals surface area contributed by atoms with Gasteiger partial charge in [-0.15, -0.1) is 24.0 Å². The lowest BCUT2D eigenvalue weighted by Gasteiger charge is -2.24. The minimum Gasteiger partial charge on any atom is -0.444 e. The van der Waals surface area contributed by atoms with E-state index in [0.29, 0.717) is 24.9 Å². The molecule has 1 fully saturated rings. The van der Waals surface area contributed by atoms with E-state index in [1.807, 2.05) is 24.3 Å². The van der Waals surface area contributed by atoms with Crippen LogP contribution in [0.2, 0.25) is 0 Å². The average molecular weight is 511 g/mol. The third kappa shape index (κ3) is 7.02. The van der Waals surface area contributed by atoms with Crippen molar-refractivity contribution in [1.82, 2.24) is 20.9 Å². The summed E-state index contributed by atoms with van der Waals surface area (Å²) in [6.45, 7) is 3.99. The van der Waals surface area contributed by atoms with Crippen LogP contribution in [0.5, 0.6) is 0 Å². The fraction of sp³-hybridized carbons (Fsp3) is 0.476. The van der Waals surface area contributed by atoms with Crippen molar-refractivity contribution in [1.29, 1.82) is 0 Å². The molecule has 1 saturated carbocycles. The molecule has 2 aromatic rings. The first kappa shape index (κ1) is 23.2. The lowest BCUT2D eigenvalue weighted by atomic mass is 9.85. The van der Waals surface area contributed by atoms with Crippen molar-refractivity contribution in [3.63, 3.8) is 0 Å². The van der Waals surface area contributed by atoms with Crippen LogP contribution < -0.4 is 16.0 Å². The maximum absolute atomic E-state index is 11.8. The van der Waals surface area contributed by atoms with Gasteiger partial charge in [0.05, 0.1) is 12.2 Å². The zero-order valence-electron chi connectivity index (χ0n) is 17.0. The molecule has 1 heterocycles. The molecule has 29 heavy (non-hydrogen) atoms. The van der Waals surface area contributed by atoms with Crippen molar-refractivity contribution < 1.29 is 9.21 Å². The van der Waals surface area contributed by atoms with E-state index < -0.39 is 0 Å². The number of rotatable bonds is 8. The largest absolute Gasteiger partial charge is 0.444 e. The second-order valence-corrected chi connectivity index (χ2v) is 7.13. The van der Waals surface area contributed by atoms with Gasteiger partial charge in [0.15, 0.2) is 5.96 Å². The van der Waals surface area contributed by atoms with Gasteiger partial charge in [-0.2, -0.15) is 0 Å². The molecule has 0 unspecified atom stereocenters. The number of nitrogens with zero attached hydrogens (tertiary/aromatic N) is 2. The molecule has 0 bridgehead atoms. The second kappa shape index (κ2) is 11.8. The first-order chi connectivity index (χ1) is 13.7. The van der Waals surface area contributed by atoms with E-state index in [-0.39, 0.29) is 35.8 Å². The minimum absolute atomic E-state index is 0. The molecule has 1 aliphatic carbocycles. The van der Waals surface area contributed by atoms with E-state index in [1.165, 1.54) is 12.0 Å². The number of hydrogen-bond donors (Lipinski definition) is 3. The molecule has 0 aliphatic heterocycles. The first-order valence-electron chi connectivity index (χ1n) is 9.89. The number of aromatic nitrogens is 1. The van der Waals surface area contributed by atoms with Gasteiger partial charge in [-0.1, -0.05) is 24.1 Å². The molecule has 8 heteroatoms. The van der Waals surface area contributed by atoms with Gasteiger partial charge in [-0.3, -0.25) is 9.79 Å². The van der Waals surface area contributed by atoms with E-state index >= 15 is 0 Å². The third-order valence-corrected chi connectivity index (χ3v) is 4.93. The van der Waals surface area contributed by atoms with Crippen LogP contribution in [-0.2, 0) is 11.3 Å². The summed E-state index contributed by atoms with van der Waals surface area (Å²) < 4.78 is 5.57. The number of amides is 1. The summed E-state index contributed by atoms with van der Waals surface area (Å²) in [5.41, 5.74) is 2.98. The van der Waals surface area contributed by atoms with Gasteiger partial charge in [0.25, 0.3) is 0 Å². The number of hydrogen-bond acceptors (Lipinski definition) is 4. The Labute approximate surface area is 189 Å². The number of halogens is 1. The fourth-order valence-corrected chi connectivity index (χ4v) is 2.93. The van der Waals surface area contributed by atoms with Crippen molar-refractivity contribution in [3.05, 3.63) is 41.8 Å². The predicted molar refractivity (Wildman–Crippen MR) is 125 cm³/mol. The zero-order chi connectivity index (χ0) is 19.8. The Balaban J connectivity index is 0.00000300. The lowest BCUT2D eigenvalue weighted by Crippen LogP contribution is -2.39.